The summed E-state index contributed by atoms with van der Waals surface area (Å²) in [5, 5.41) is 0. The molecule has 2 heterocycles. The molecular formula is C15H26N2. The first-order valence-electron chi connectivity index (χ1n) is 7.52. The number of hydrogen-bond donors (Lipinski definition) is 1. The summed E-state index contributed by atoms with van der Waals surface area (Å²) >= 11 is 0. The summed E-state index contributed by atoms with van der Waals surface area (Å²) in [6.45, 7) is 1.30. The molecule has 3 aliphatic rings. The Morgan fingerprint density at radius 3 is 2.59 bits per heavy atom. The minimum absolute atomic E-state index is 0.479. The van der Waals surface area contributed by atoms with E-state index in [2.05, 4.69) is 11.0 Å². The van der Waals surface area contributed by atoms with Crippen molar-refractivity contribution in [2.24, 2.45) is 5.73 Å². The fraction of sp³-hybridized carbons (Fsp3) is 0.867. The van der Waals surface area contributed by atoms with Crippen LogP contribution in [0.4, 0.5) is 0 Å². The third-order valence-electron chi connectivity index (χ3n) is 4.99. The molecule has 0 aromatic rings. The van der Waals surface area contributed by atoms with Crippen molar-refractivity contribution in [2.45, 2.75) is 75.9 Å². The molecule has 2 bridgehead atoms. The third kappa shape index (κ3) is 2.58. The van der Waals surface area contributed by atoms with Gasteiger partial charge in [0.2, 0.25) is 0 Å². The lowest BCUT2D eigenvalue weighted by molar-refractivity contribution is 0.0326. The van der Waals surface area contributed by atoms with Gasteiger partial charge in [0.15, 0.2) is 0 Å². The fourth-order valence-corrected chi connectivity index (χ4v) is 4.12. The van der Waals surface area contributed by atoms with E-state index in [4.69, 9.17) is 5.73 Å². The highest BCUT2D eigenvalue weighted by atomic mass is 15.2. The zero-order valence-electron chi connectivity index (χ0n) is 10.9. The first-order valence-corrected chi connectivity index (χ1v) is 7.52. The first-order chi connectivity index (χ1) is 8.33. The van der Waals surface area contributed by atoms with E-state index in [9.17, 15) is 0 Å². The maximum Gasteiger partial charge on any atom is 0.0113 e. The second-order valence-corrected chi connectivity index (χ2v) is 6.21. The van der Waals surface area contributed by atoms with E-state index in [0.717, 1.165) is 12.1 Å². The van der Waals surface area contributed by atoms with Gasteiger partial charge in [0.05, 0.1) is 0 Å². The Hall–Kier alpha value is -0.340. The Morgan fingerprint density at radius 1 is 1.18 bits per heavy atom. The largest absolute Gasteiger partial charge is 0.328 e. The number of nitrogens with zero attached hydrogens (tertiary/aromatic N) is 1. The molecule has 2 heteroatoms. The molecule has 0 spiro atoms. The zero-order valence-corrected chi connectivity index (χ0v) is 10.9. The second kappa shape index (κ2) is 5.11. The third-order valence-corrected chi connectivity index (χ3v) is 4.99. The normalized spacial score (nSPS) is 38.2. The second-order valence-electron chi connectivity index (χ2n) is 6.21. The predicted molar refractivity (Wildman–Crippen MR) is 71.9 cm³/mol. The van der Waals surface area contributed by atoms with Crippen molar-refractivity contribution < 1.29 is 0 Å². The molecule has 2 nitrogen and oxygen atoms in total. The van der Waals surface area contributed by atoms with Crippen LogP contribution in [0.3, 0.4) is 0 Å². The Kier molecular flexibility index (Phi) is 3.53. The van der Waals surface area contributed by atoms with Crippen molar-refractivity contribution in [3.05, 3.63) is 11.6 Å². The molecule has 0 saturated carbocycles. The number of fused-ring (bicyclic) bond motifs is 2. The molecule has 3 rings (SSSR count). The summed E-state index contributed by atoms with van der Waals surface area (Å²) < 4.78 is 0. The average Bonchev–Trinajstić information content (AvgIpc) is 2.79. The molecule has 2 N–H and O–H groups in total. The summed E-state index contributed by atoms with van der Waals surface area (Å²) in [5.41, 5.74) is 7.89. The molecule has 0 amide bonds. The SMILES string of the molecule is NC1CC2CCCC(C1)N2CCC1=CCCC1. The van der Waals surface area contributed by atoms with Crippen molar-refractivity contribution in [2.75, 3.05) is 6.54 Å². The van der Waals surface area contributed by atoms with Gasteiger partial charge in [0.25, 0.3) is 0 Å². The fourth-order valence-electron chi connectivity index (χ4n) is 4.12. The number of allylic oxidation sites excluding steroid dienone is 1. The smallest absolute Gasteiger partial charge is 0.0113 e. The molecule has 2 aliphatic heterocycles. The summed E-state index contributed by atoms with van der Waals surface area (Å²) in [6, 6.07) is 2.09. The van der Waals surface area contributed by atoms with Gasteiger partial charge in [-0.2, -0.15) is 0 Å². The number of nitrogens with two attached hydrogens (primary N) is 1. The topological polar surface area (TPSA) is 29.3 Å². The first kappa shape index (κ1) is 11.7. The van der Waals surface area contributed by atoms with E-state index in [0.29, 0.717) is 6.04 Å². The van der Waals surface area contributed by atoms with Gasteiger partial charge in [-0.3, -0.25) is 4.90 Å². The summed E-state index contributed by atoms with van der Waals surface area (Å²) in [6.07, 6.45) is 14.6. The van der Waals surface area contributed by atoms with Crippen LogP contribution in [0, 0.1) is 0 Å². The van der Waals surface area contributed by atoms with Gasteiger partial charge in [-0.1, -0.05) is 18.1 Å². The molecule has 2 saturated heterocycles. The van der Waals surface area contributed by atoms with E-state index >= 15 is 0 Å². The van der Waals surface area contributed by atoms with Crippen LogP contribution in [0.5, 0.6) is 0 Å². The Bertz CT molecular complexity index is 283. The van der Waals surface area contributed by atoms with Crippen LogP contribution in [0.2, 0.25) is 0 Å². The molecule has 2 atom stereocenters. The van der Waals surface area contributed by atoms with Crippen LogP contribution in [0.15, 0.2) is 11.6 Å². The Balaban J connectivity index is 1.58. The minimum atomic E-state index is 0.479. The molecule has 96 valence electrons. The van der Waals surface area contributed by atoms with Gasteiger partial charge in [-0.25, -0.2) is 0 Å². The molecule has 1 aliphatic carbocycles. The van der Waals surface area contributed by atoms with Gasteiger partial charge in [-0.15, -0.1) is 0 Å². The van der Waals surface area contributed by atoms with Crippen molar-refractivity contribution in [1.29, 1.82) is 0 Å². The lowest BCUT2D eigenvalue weighted by Crippen LogP contribution is -2.55. The molecule has 2 unspecified atom stereocenters. The number of piperidine rings is 2. The van der Waals surface area contributed by atoms with Gasteiger partial charge < -0.3 is 5.73 Å². The van der Waals surface area contributed by atoms with Crippen molar-refractivity contribution >= 4 is 0 Å². The lowest BCUT2D eigenvalue weighted by Gasteiger charge is -2.48. The van der Waals surface area contributed by atoms with E-state index in [1.165, 1.54) is 64.3 Å². The van der Waals surface area contributed by atoms with Crippen LogP contribution >= 0.6 is 0 Å². The van der Waals surface area contributed by atoms with E-state index in [1.807, 2.05) is 0 Å². The molecule has 17 heavy (non-hydrogen) atoms. The van der Waals surface area contributed by atoms with Crippen molar-refractivity contribution in [1.82, 2.24) is 4.90 Å². The van der Waals surface area contributed by atoms with Gasteiger partial charge in [-0.05, 0) is 51.4 Å². The van der Waals surface area contributed by atoms with E-state index < -0.39 is 0 Å². The van der Waals surface area contributed by atoms with Crippen LogP contribution in [0.25, 0.3) is 0 Å². The highest BCUT2D eigenvalue weighted by Crippen LogP contribution is 2.34. The molecular weight excluding hydrogens is 208 g/mol. The average molecular weight is 234 g/mol. The van der Waals surface area contributed by atoms with Crippen molar-refractivity contribution in [3.63, 3.8) is 0 Å². The maximum absolute atomic E-state index is 6.17. The number of rotatable bonds is 3. The van der Waals surface area contributed by atoms with Crippen molar-refractivity contribution in [3.8, 4) is 0 Å². The molecule has 0 aromatic heterocycles. The standard InChI is InChI=1S/C15H26N2/c16-13-10-14-6-3-7-15(11-13)17(14)9-8-12-4-1-2-5-12/h4,13-15H,1-3,5-11,16H2. The molecule has 0 aromatic carbocycles. The van der Waals surface area contributed by atoms with Gasteiger partial charge in [0.1, 0.15) is 0 Å². The van der Waals surface area contributed by atoms with Crippen LogP contribution in [-0.2, 0) is 0 Å². The highest BCUT2D eigenvalue weighted by molar-refractivity contribution is 5.08. The quantitative estimate of drug-likeness (QED) is 0.761. The maximum atomic E-state index is 6.17. The van der Waals surface area contributed by atoms with Crippen LogP contribution < -0.4 is 5.73 Å². The minimum Gasteiger partial charge on any atom is -0.328 e. The number of hydrogen-bond acceptors (Lipinski definition) is 2. The highest BCUT2D eigenvalue weighted by Gasteiger charge is 2.36. The predicted octanol–water partition coefficient (Wildman–Crippen LogP) is 2.83. The van der Waals surface area contributed by atoms with Gasteiger partial charge >= 0.3 is 0 Å². The van der Waals surface area contributed by atoms with Gasteiger partial charge in [0, 0.05) is 24.7 Å². The summed E-state index contributed by atoms with van der Waals surface area (Å²) in [7, 11) is 0. The Labute approximate surface area is 105 Å². The molecule has 0 radical (unpaired) electrons. The molecule has 2 fully saturated rings. The Morgan fingerprint density at radius 2 is 1.94 bits per heavy atom. The summed E-state index contributed by atoms with van der Waals surface area (Å²) in [5.74, 6) is 0. The van der Waals surface area contributed by atoms with Crippen LogP contribution in [0.1, 0.15) is 57.8 Å². The van der Waals surface area contributed by atoms with E-state index in [-0.39, 0.29) is 0 Å². The monoisotopic (exact) mass is 234 g/mol. The zero-order chi connectivity index (χ0) is 11.7. The van der Waals surface area contributed by atoms with E-state index in [1.54, 1.807) is 5.57 Å². The van der Waals surface area contributed by atoms with Crippen LogP contribution in [-0.4, -0.2) is 29.6 Å². The lowest BCUT2D eigenvalue weighted by atomic mass is 9.82. The summed E-state index contributed by atoms with van der Waals surface area (Å²) in [4.78, 5) is 2.80.